The van der Waals surface area contributed by atoms with E-state index in [1.165, 1.54) is 4.31 Å². The lowest BCUT2D eigenvalue weighted by molar-refractivity contribution is -0.0329. The summed E-state index contributed by atoms with van der Waals surface area (Å²) in [5, 5.41) is 0. The van der Waals surface area contributed by atoms with Gasteiger partial charge in [0.2, 0.25) is 10.0 Å². The fourth-order valence-electron chi connectivity index (χ4n) is 3.86. The minimum atomic E-state index is -3.33. The van der Waals surface area contributed by atoms with Crippen molar-refractivity contribution < 1.29 is 17.9 Å². The number of piperidine rings is 1. The molecule has 136 valence electrons. The van der Waals surface area contributed by atoms with Crippen molar-refractivity contribution in [2.75, 3.05) is 18.8 Å². The molecule has 1 spiro atoms. The van der Waals surface area contributed by atoms with Gasteiger partial charge in [-0.05, 0) is 18.1 Å². The topological polar surface area (TPSA) is 63.7 Å². The maximum atomic E-state index is 12.7. The standard InChI is InChI=1S/C20H21NO4S/c22-19-17-8-4-5-9-18(17)20(25-19)11-13-21(14-12-20)26(23,24)15-10-16-6-2-1-3-7-16/h1-9H,10-15H2. The zero-order valence-corrected chi connectivity index (χ0v) is 15.2. The number of hydrogen-bond acceptors (Lipinski definition) is 4. The lowest BCUT2D eigenvalue weighted by Crippen LogP contribution is -2.46. The molecule has 0 amide bonds. The lowest BCUT2D eigenvalue weighted by Gasteiger charge is -2.37. The molecule has 26 heavy (non-hydrogen) atoms. The lowest BCUT2D eigenvalue weighted by atomic mass is 9.84. The number of benzene rings is 2. The van der Waals surface area contributed by atoms with Gasteiger partial charge in [-0.25, -0.2) is 17.5 Å². The first-order valence-corrected chi connectivity index (χ1v) is 10.5. The van der Waals surface area contributed by atoms with E-state index < -0.39 is 15.6 Å². The average molecular weight is 371 g/mol. The Labute approximate surface area is 153 Å². The van der Waals surface area contributed by atoms with Crippen LogP contribution in [0.25, 0.3) is 0 Å². The van der Waals surface area contributed by atoms with Gasteiger partial charge in [-0.3, -0.25) is 0 Å². The zero-order chi connectivity index (χ0) is 18.2. The van der Waals surface area contributed by atoms with Gasteiger partial charge in [0.1, 0.15) is 5.60 Å². The van der Waals surface area contributed by atoms with Crippen molar-refractivity contribution in [1.82, 2.24) is 4.31 Å². The first-order valence-electron chi connectivity index (χ1n) is 8.85. The van der Waals surface area contributed by atoms with Crippen molar-refractivity contribution >= 4 is 16.0 Å². The minimum absolute atomic E-state index is 0.0976. The molecule has 2 heterocycles. The molecule has 2 aromatic rings. The fourth-order valence-corrected chi connectivity index (χ4v) is 5.35. The molecule has 0 aromatic heterocycles. The molecule has 4 rings (SSSR count). The SMILES string of the molecule is O=C1OC2(CCN(S(=O)(=O)CCc3ccccc3)CC2)c2ccccc21. The minimum Gasteiger partial charge on any atom is -0.450 e. The maximum Gasteiger partial charge on any atom is 0.339 e. The van der Waals surface area contributed by atoms with Crippen LogP contribution in [0.4, 0.5) is 0 Å². The molecular weight excluding hydrogens is 350 g/mol. The number of aryl methyl sites for hydroxylation is 1. The van der Waals surface area contributed by atoms with Gasteiger partial charge in [0.05, 0.1) is 11.3 Å². The van der Waals surface area contributed by atoms with E-state index in [0.717, 1.165) is 11.1 Å². The molecule has 6 heteroatoms. The third-order valence-electron chi connectivity index (χ3n) is 5.34. The number of carbonyl (C=O) groups excluding carboxylic acids is 1. The van der Waals surface area contributed by atoms with Crippen molar-refractivity contribution in [3.05, 3.63) is 71.3 Å². The molecule has 2 aromatic carbocycles. The molecule has 1 fully saturated rings. The van der Waals surface area contributed by atoms with Gasteiger partial charge >= 0.3 is 5.97 Å². The van der Waals surface area contributed by atoms with Crippen molar-refractivity contribution in [3.8, 4) is 0 Å². The summed E-state index contributed by atoms with van der Waals surface area (Å²) in [5.41, 5.74) is 1.85. The summed E-state index contributed by atoms with van der Waals surface area (Å²) in [6.45, 7) is 0.747. The Balaban J connectivity index is 1.44. The molecule has 2 aliphatic rings. The van der Waals surface area contributed by atoms with E-state index in [1.807, 2.05) is 48.5 Å². The average Bonchev–Trinajstić information content (AvgIpc) is 2.94. The molecule has 0 unspecified atom stereocenters. The highest BCUT2D eigenvalue weighted by molar-refractivity contribution is 7.89. The summed E-state index contributed by atoms with van der Waals surface area (Å²) in [7, 11) is -3.33. The van der Waals surface area contributed by atoms with E-state index in [1.54, 1.807) is 6.07 Å². The third-order valence-corrected chi connectivity index (χ3v) is 7.21. The molecule has 2 aliphatic heterocycles. The number of rotatable bonds is 4. The van der Waals surface area contributed by atoms with Crippen LogP contribution in [0.2, 0.25) is 0 Å². The third kappa shape index (κ3) is 3.04. The number of carbonyl (C=O) groups is 1. The molecule has 0 aliphatic carbocycles. The highest BCUT2D eigenvalue weighted by Gasteiger charge is 2.48. The van der Waals surface area contributed by atoms with Crippen molar-refractivity contribution in [1.29, 1.82) is 0 Å². The van der Waals surface area contributed by atoms with Crippen molar-refractivity contribution in [2.24, 2.45) is 0 Å². The van der Waals surface area contributed by atoms with Crippen LogP contribution in [0.1, 0.15) is 34.3 Å². The van der Waals surface area contributed by atoms with Crippen molar-refractivity contribution in [2.45, 2.75) is 24.9 Å². The molecule has 0 radical (unpaired) electrons. The van der Waals surface area contributed by atoms with Crippen LogP contribution in [0.3, 0.4) is 0 Å². The number of fused-ring (bicyclic) bond motifs is 2. The van der Waals surface area contributed by atoms with Crippen LogP contribution in [-0.4, -0.2) is 37.5 Å². The van der Waals surface area contributed by atoms with Gasteiger partial charge in [0, 0.05) is 31.5 Å². The second-order valence-corrected chi connectivity index (χ2v) is 8.97. The van der Waals surface area contributed by atoms with E-state index in [-0.39, 0.29) is 11.7 Å². The van der Waals surface area contributed by atoms with Crippen LogP contribution in [0.15, 0.2) is 54.6 Å². The number of nitrogens with zero attached hydrogens (tertiary/aromatic N) is 1. The Morgan fingerprint density at radius 2 is 1.62 bits per heavy atom. The van der Waals surface area contributed by atoms with Gasteiger partial charge in [0.25, 0.3) is 0 Å². The van der Waals surface area contributed by atoms with Gasteiger partial charge in [-0.15, -0.1) is 0 Å². The maximum absolute atomic E-state index is 12.7. The Morgan fingerprint density at radius 1 is 0.962 bits per heavy atom. The summed E-state index contributed by atoms with van der Waals surface area (Å²) < 4.78 is 32.6. The summed E-state index contributed by atoms with van der Waals surface area (Å²) in [4.78, 5) is 12.1. The molecule has 5 nitrogen and oxygen atoms in total. The smallest absolute Gasteiger partial charge is 0.339 e. The van der Waals surface area contributed by atoms with Crippen LogP contribution in [0, 0.1) is 0 Å². The van der Waals surface area contributed by atoms with Crippen molar-refractivity contribution in [3.63, 3.8) is 0 Å². The number of ether oxygens (including phenoxy) is 1. The highest BCUT2D eigenvalue weighted by Crippen LogP contribution is 2.44. The van der Waals surface area contributed by atoms with Gasteiger partial charge in [-0.2, -0.15) is 0 Å². The summed E-state index contributed by atoms with van der Waals surface area (Å²) in [6.07, 6.45) is 1.50. The molecule has 0 bridgehead atoms. The number of hydrogen-bond donors (Lipinski definition) is 0. The van der Waals surface area contributed by atoms with Crippen LogP contribution < -0.4 is 0 Å². The largest absolute Gasteiger partial charge is 0.450 e. The summed E-state index contributed by atoms with van der Waals surface area (Å²) in [5.74, 6) is -0.207. The Bertz CT molecular complexity index is 916. The van der Waals surface area contributed by atoms with Gasteiger partial charge in [0.15, 0.2) is 0 Å². The summed E-state index contributed by atoms with van der Waals surface area (Å²) in [6, 6.07) is 17.0. The van der Waals surface area contributed by atoms with E-state index in [0.29, 0.717) is 37.9 Å². The Hall–Kier alpha value is -2.18. The van der Waals surface area contributed by atoms with Crippen LogP contribution in [-0.2, 0) is 26.8 Å². The molecule has 0 atom stereocenters. The molecule has 0 saturated carbocycles. The molecule has 1 saturated heterocycles. The van der Waals surface area contributed by atoms with E-state index >= 15 is 0 Å². The second-order valence-electron chi connectivity index (χ2n) is 6.88. The Morgan fingerprint density at radius 3 is 2.35 bits per heavy atom. The fraction of sp³-hybridized carbons (Fsp3) is 0.350. The highest BCUT2D eigenvalue weighted by atomic mass is 32.2. The van der Waals surface area contributed by atoms with E-state index in [9.17, 15) is 13.2 Å². The van der Waals surface area contributed by atoms with E-state index in [2.05, 4.69) is 0 Å². The van der Waals surface area contributed by atoms with Gasteiger partial charge in [-0.1, -0.05) is 48.5 Å². The predicted molar refractivity (Wildman–Crippen MR) is 98.3 cm³/mol. The first kappa shape index (κ1) is 17.2. The Kier molecular flexibility index (Phi) is 4.32. The number of esters is 1. The zero-order valence-electron chi connectivity index (χ0n) is 14.4. The monoisotopic (exact) mass is 371 g/mol. The second kappa shape index (κ2) is 6.52. The normalized spacial score (nSPS) is 19.3. The van der Waals surface area contributed by atoms with E-state index in [4.69, 9.17) is 4.74 Å². The molecular formula is C20H21NO4S. The van der Waals surface area contributed by atoms with Crippen LogP contribution >= 0.6 is 0 Å². The number of sulfonamides is 1. The van der Waals surface area contributed by atoms with Gasteiger partial charge < -0.3 is 4.74 Å². The first-order chi connectivity index (χ1) is 12.5. The molecule has 0 N–H and O–H groups in total. The predicted octanol–water partition coefficient (Wildman–Crippen LogP) is 2.72. The summed E-state index contributed by atoms with van der Waals surface area (Å²) >= 11 is 0. The van der Waals surface area contributed by atoms with Crippen LogP contribution in [0.5, 0.6) is 0 Å². The quantitative estimate of drug-likeness (QED) is 0.775.